The summed E-state index contributed by atoms with van der Waals surface area (Å²) in [6.07, 6.45) is -2.18. The number of nitrogens with zero attached hydrogens (tertiary/aromatic N) is 1. The highest BCUT2D eigenvalue weighted by Gasteiger charge is 2.39. The number of carboxylic acids is 1. The molecule has 32 heavy (non-hydrogen) atoms. The van der Waals surface area contributed by atoms with Crippen LogP contribution < -0.4 is 4.90 Å². The van der Waals surface area contributed by atoms with Crippen LogP contribution in [-0.4, -0.2) is 29.6 Å². The minimum atomic E-state index is -1.12. The van der Waals surface area contributed by atoms with Crippen LogP contribution in [0.25, 0.3) is 10.8 Å². The maximum absolute atomic E-state index is 13.6. The van der Waals surface area contributed by atoms with Gasteiger partial charge in [-0.2, -0.15) is 0 Å². The van der Waals surface area contributed by atoms with Gasteiger partial charge in [0.2, 0.25) is 0 Å². The third-order valence-electron chi connectivity index (χ3n) is 5.50. The van der Waals surface area contributed by atoms with Crippen LogP contribution in [-0.2, 0) is 14.3 Å². The second kappa shape index (κ2) is 8.57. The van der Waals surface area contributed by atoms with Crippen LogP contribution in [0.2, 0.25) is 5.02 Å². The van der Waals surface area contributed by atoms with Crippen molar-refractivity contribution in [1.82, 2.24) is 0 Å². The average molecular weight is 452 g/mol. The molecule has 0 saturated carbocycles. The van der Waals surface area contributed by atoms with E-state index >= 15 is 0 Å². The van der Waals surface area contributed by atoms with Crippen molar-refractivity contribution in [2.45, 2.75) is 39.4 Å². The topological polar surface area (TPSA) is 66.8 Å². The van der Waals surface area contributed by atoms with E-state index in [2.05, 4.69) is 0 Å². The second-order valence-electron chi connectivity index (χ2n) is 9.36. The Morgan fingerprint density at radius 3 is 2.50 bits per heavy atom. The molecule has 0 unspecified atom stereocenters. The predicted molar refractivity (Wildman–Crippen MR) is 126 cm³/mol. The van der Waals surface area contributed by atoms with Gasteiger partial charge in [0.25, 0.3) is 5.91 Å². The van der Waals surface area contributed by atoms with Gasteiger partial charge >= 0.3 is 5.97 Å². The highest BCUT2D eigenvalue weighted by atomic mass is 35.5. The van der Waals surface area contributed by atoms with E-state index in [9.17, 15) is 14.7 Å². The van der Waals surface area contributed by atoms with Crippen LogP contribution in [0.15, 0.2) is 60.7 Å². The van der Waals surface area contributed by atoms with Crippen molar-refractivity contribution < 1.29 is 19.4 Å². The average Bonchev–Trinajstić information content (AvgIpc) is 2.82. The standard InChI is InChI=1S/C26H26ClNO4/c1-26(2,3)15-28-21-12-11-17(27)13-20(21)24(32-22(25(28)31)14-23(29)30)19-10-6-8-16-7-4-5-9-18(16)19/h4-13,22,24H,14-15H2,1-3H3,(H,29,30)/t22-,24-/m0/s1. The molecular weight excluding hydrogens is 426 g/mol. The van der Waals surface area contributed by atoms with Gasteiger partial charge < -0.3 is 14.7 Å². The number of fused-ring (bicyclic) bond motifs is 2. The lowest BCUT2D eigenvalue weighted by molar-refractivity contribution is -0.147. The van der Waals surface area contributed by atoms with Gasteiger partial charge in [0.05, 0.1) is 6.42 Å². The highest BCUT2D eigenvalue weighted by Crippen LogP contribution is 2.42. The first kappa shape index (κ1) is 22.3. The summed E-state index contributed by atoms with van der Waals surface area (Å²) in [4.78, 5) is 26.8. The molecule has 4 rings (SSSR count). The molecule has 0 fully saturated rings. The number of aliphatic carboxylic acids is 1. The Morgan fingerprint density at radius 2 is 1.78 bits per heavy atom. The number of ether oxygens (including phenoxy) is 1. The van der Waals surface area contributed by atoms with E-state index in [1.54, 1.807) is 11.0 Å². The van der Waals surface area contributed by atoms with Gasteiger partial charge in [-0.15, -0.1) is 0 Å². The largest absolute Gasteiger partial charge is 0.481 e. The summed E-state index contributed by atoms with van der Waals surface area (Å²) in [7, 11) is 0. The molecule has 1 aliphatic rings. The third kappa shape index (κ3) is 4.50. The summed E-state index contributed by atoms with van der Waals surface area (Å²) in [6.45, 7) is 6.53. The summed E-state index contributed by atoms with van der Waals surface area (Å²) in [5, 5.41) is 12.1. The summed E-state index contributed by atoms with van der Waals surface area (Å²) in [5.74, 6) is -1.44. The number of amides is 1. The first-order valence-corrected chi connectivity index (χ1v) is 11.0. The Bertz CT molecular complexity index is 1180. The van der Waals surface area contributed by atoms with Gasteiger partial charge in [-0.1, -0.05) is 74.8 Å². The van der Waals surface area contributed by atoms with E-state index in [0.717, 1.165) is 21.9 Å². The van der Waals surface area contributed by atoms with Gasteiger partial charge in [-0.05, 0) is 39.9 Å². The maximum Gasteiger partial charge on any atom is 0.306 e. The van der Waals surface area contributed by atoms with Gasteiger partial charge in [0.15, 0.2) is 0 Å². The quantitative estimate of drug-likeness (QED) is 0.541. The zero-order chi connectivity index (χ0) is 23.0. The van der Waals surface area contributed by atoms with Crippen molar-refractivity contribution in [1.29, 1.82) is 0 Å². The fourth-order valence-electron chi connectivity index (χ4n) is 4.22. The molecule has 0 saturated heterocycles. The molecule has 3 aromatic carbocycles. The second-order valence-corrected chi connectivity index (χ2v) is 9.80. The van der Waals surface area contributed by atoms with E-state index in [-0.39, 0.29) is 11.3 Å². The zero-order valence-electron chi connectivity index (χ0n) is 18.3. The van der Waals surface area contributed by atoms with Gasteiger partial charge in [-0.3, -0.25) is 9.59 Å². The predicted octanol–water partition coefficient (Wildman–Crippen LogP) is 5.84. The molecule has 6 heteroatoms. The van der Waals surface area contributed by atoms with Crippen molar-refractivity contribution in [3.63, 3.8) is 0 Å². The number of carboxylic acid groups (broad SMARTS) is 1. The molecule has 1 N–H and O–H groups in total. The SMILES string of the molecule is CC(C)(C)CN1C(=O)[C@H](CC(=O)O)O[C@@H](c2cccc3ccccc23)c2cc(Cl)ccc21. The fraction of sp³-hybridized carbons (Fsp3) is 0.308. The van der Waals surface area contributed by atoms with E-state index in [0.29, 0.717) is 17.3 Å². The molecular formula is C26H26ClNO4. The van der Waals surface area contributed by atoms with E-state index < -0.39 is 24.6 Å². The first-order valence-electron chi connectivity index (χ1n) is 10.6. The van der Waals surface area contributed by atoms with Crippen LogP contribution in [0.3, 0.4) is 0 Å². The highest BCUT2D eigenvalue weighted by molar-refractivity contribution is 6.30. The van der Waals surface area contributed by atoms with Crippen molar-refractivity contribution in [2.75, 3.05) is 11.4 Å². The minimum absolute atomic E-state index is 0.209. The Labute approximate surface area is 192 Å². The zero-order valence-corrected chi connectivity index (χ0v) is 19.1. The normalized spacial score (nSPS) is 19.0. The van der Waals surface area contributed by atoms with Gasteiger partial charge in [0, 0.05) is 22.8 Å². The number of halogens is 1. The number of carbonyl (C=O) groups is 2. The molecule has 2 atom stereocenters. The van der Waals surface area contributed by atoms with Crippen molar-refractivity contribution in [2.24, 2.45) is 5.41 Å². The molecule has 1 aliphatic heterocycles. The lowest BCUT2D eigenvalue weighted by Crippen LogP contribution is -2.44. The lowest BCUT2D eigenvalue weighted by atomic mass is 9.93. The minimum Gasteiger partial charge on any atom is -0.481 e. The molecule has 5 nitrogen and oxygen atoms in total. The molecule has 0 spiro atoms. The number of rotatable bonds is 4. The van der Waals surface area contributed by atoms with E-state index in [1.165, 1.54) is 0 Å². The molecule has 0 aromatic heterocycles. The Balaban J connectivity index is 1.96. The van der Waals surface area contributed by atoms with E-state index in [4.69, 9.17) is 16.3 Å². The number of hydrogen-bond donors (Lipinski definition) is 1. The van der Waals surface area contributed by atoms with Crippen molar-refractivity contribution >= 4 is 39.9 Å². The number of benzene rings is 3. The maximum atomic E-state index is 13.6. The fourth-order valence-corrected chi connectivity index (χ4v) is 4.40. The number of hydrogen-bond acceptors (Lipinski definition) is 3. The summed E-state index contributed by atoms with van der Waals surface area (Å²) in [6, 6.07) is 19.2. The molecule has 0 bridgehead atoms. The molecule has 0 aliphatic carbocycles. The summed E-state index contributed by atoms with van der Waals surface area (Å²) < 4.78 is 6.32. The Hall–Kier alpha value is -2.89. The smallest absolute Gasteiger partial charge is 0.306 e. The summed E-state index contributed by atoms with van der Waals surface area (Å²) >= 11 is 6.39. The van der Waals surface area contributed by atoms with Crippen LogP contribution in [0, 0.1) is 5.41 Å². The molecule has 3 aromatic rings. The van der Waals surface area contributed by atoms with Crippen LogP contribution in [0.4, 0.5) is 5.69 Å². The van der Waals surface area contributed by atoms with E-state index in [1.807, 2.05) is 75.4 Å². The van der Waals surface area contributed by atoms with Gasteiger partial charge in [0.1, 0.15) is 12.2 Å². The molecule has 1 heterocycles. The number of carbonyl (C=O) groups excluding carboxylic acids is 1. The third-order valence-corrected chi connectivity index (χ3v) is 5.74. The first-order chi connectivity index (χ1) is 15.1. The molecule has 0 radical (unpaired) electrons. The lowest BCUT2D eigenvalue weighted by Gasteiger charge is -2.31. The van der Waals surface area contributed by atoms with Crippen molar-refractivity contribution in [3.05, 3.63) is 76.8 Å². The van der Waals surface area contributed by atoms with Crippen LogP contribution in [0.1, 0.15) is 44.4 Å². The van der Waals surface area contributed by atoms with Crippen molar-refractivity contribution in [3.8, 4) is 0 Å². The summed E-state index contributed by atoms with van der Waals surface area (Å²) in [5.41, 5.74) is 2.10. The Morgan fingerprint density at radius 1 is 1.06 bits per heavy atom. The van der Waals surface area contributed by atoms with Crippen LogP contribution >= 0.6 is 11.6 Å². The molecule has 166 valence electrons. The number of anilines is 1. The Kier molecular flexibility index (Phi) is 5.97. The molecule has 1 amide bonds. The van der Waals surface area contributed by atoms with Gasteiger partial charge in [-0.25, -0.2) is 0 Å². The van der Waals surface area contributed by atoms with Crippen LogP contribution in [0.5, 0.6) is 0 Å². The monoisotopic (exact) mass is 451 g/mol.